The fourth-order valence-electron chi connectivity index (χ4n) is 3.59. The molecule has 3 fully saturated rings. The van der Waals surface area contributed by atoms with Gasteiger partial charge in [0.05, 0.1) is 17.7 Å². The van der Waals surface area contributed by atoms with Gasteiger partial charge in [-0.15, -0.1) is 11.8 Å². The second kappa shape index (κ2) is 5.56. The summed E-state index contributed by atoms with van der Waals surface area (Å²) in [5, 5.41) is 3.12. The predicted molar refractivity (Wildman–Crippen MR) is 77.3 cm³/mol. The van der Waals surface area contributed by atoms with E-state index in [0.717, 1.165) is 25.9 Å². The third-order valence-corrected chi connectivity index (χ3v) is 5.88. The molecule has 0 aromatic heterocycles. The zero-order valence-electron chi connectivity index (χ0n) is 11.9. The summed E-state index contributed by atoms with van der Waals surface area (Å²) in [4.78, 5) is 25.2. The van der Waals surface area contributed by atoms with Gasteiger partial charge in [0, 0.05) is 18.1 Å². The number of ether oxygens (including phenoxy) is 1. The molecule has 5 nitrogen and oxygen atoms in total. The minimum atomic E-state index is -0.0212. The molecule has 2 atom stereocenters. The van der Waals surface area contributed by atoms with E-state index in [1.54, 1.807) is 16.7 Å². The molecule has 1 aliphatic heterocycles. The summed E-state index contributed by atoms with van der Waals surface area (Å²) in [5.41, 5.74) is 0.190. The van der Waals surface area contributed by atoms with Crippen LogP contribution in [0.15, 0.2) is 0 Å². The molecule has 3 aliphatic rings. The molecule has 6 heteroatoms. The number of thioether (sulfide) groups is 1. The van der Waals surface area contributed by atoms with E-state index in [-0.39, 0.29) is 29.8 Å². The topological polar surface area (TPSA) is 58.6 Å². The zero-order chi connectivity index (χ0) is 14.2. The van der Waals surface area contributed by atoms with Crippen LogP contribution in [0.4, 0.5) is 0 Å². The Morgan fingerprint density at radius 3 is 2.90 bits per heavy atom. The van der Waals surface area contributed by atoms with Crippen LogP contribution in [-0.2, 0) is 14.3 Å². The van der Waals surface area contributed by atoms with E-state index in [1.165, 1.54) is 6.42 Å². The summed E-state index contributed by atoms with van der Waals surface area (Å²) in [5.74, 6) is 1.20. The van der Waals surface area contributed by atoms with Crippen LogP contribution in [0.1, 0.15) is 32.6 Å². The van der Waals surface area contributed by atoms with Gasteiger partial charge in [-0.3, -0.25) is 9.59 Å². The van der Waals surface area contributed by atoms with Crippen molar-refractivity contribution in [3.05, 3.63) is 0 Å². The quantitative estimate of drug-likeness (QED) is 0.822. The molecule has 2 amide bonds. The smallest absolute Gasteiger partial charge is 0.239 e. The molecule has 20 heavy (non-hydrogen) atoms. The van der Waals surface area contributed by atoms with Crippen molar-refractivity contribution in [2.45, 2.75) is 44.8 Å². The Hall–Kier alpha value is -0.750. The average molecular weight is 298 g/mol. The van der Waals surface area contributed by atoms with E-state index < -0.39 is 0 Å². The first kappa shape index (κ1) is 14.2. The molecule has 0 unspecified atom stereocenters. The zero-order valence-corrected chi connectivity index (χ0v) is 12.7. The van der Waals surface area contributed by atoms with Crippen molar-refractivity contribution in [3.8, 4) is 0 Å². The highest BCUT2D eigenvalue weighted by atomic mass is 32.2. The number of carbonyl (C=O) groups is 2. The molecule has 1 spiro atoms. The van der Waals surface area contributed by atoms with Gasteiger partial charge in [0.2, 0.25) is 11.8 Å². The summed E-state index contributed by atoms with van der Waals surface area (Å²) in [6, 6.07) is 0.241. The first-order valence-corrected chi connectivity index (χ1v) is 8.57. The van der Waals surface area contributed by atoms with Gasteiger partial charge in [-0.05, 0) is 26.2 Å². The molecule has 0 aromatic carbocycles. The monoisotopic (exact) mass is 298 g/mol. The Balaban J connectivity index is 1.51. The fraction of sp³-hybridized carbons (Fsp3) is 0.857. The number of nitrogens with one attached hydrogen (secondary N) is 1. The first-order valence-electron chi connectivity index (χ1n) is 7.42. The Labute approximate surface area is 123 Å². The van der Waals surface area contributed by atoms with Gasteiger partial charge < -0.3 is 15.0 Å². The van der Waals surface area contributed by atoms with Crippen LogP contribution >= 0.6 is 11.8 Å². The van der Waals surface area contributed by atoms with Gasteiger partial charge in [-0.2, -0.15) is 0 Å². The largest absolute Gasteiger partial charge is 0.378 e. The first-order chi connectivity index (χ1) is 9.65. The molecular weight excluding hydrogens is 276 g/mol. The second-order valence-corrected chi connectivity index (χ2v) is 6.91. The van der Waals surface area contributed by atoms with Crippen LogP contribution < -0.4 is 5.32 Å². The number of hydrogen-bond donors (Lipinski definition) is 1. The van der Waals surface area contributed by atoms with Gasteiger partial charge in [0.25, 0.3) is 0 Å². The molecule has 3 rings (SSSR count). The van der Waals surface area contributed by atoms with Crippen LogP contribution in [0.2, 0.25) is 0 Å². The van der Waals surface area contributed by atoms with Gasteiger partial charge in [-0.1, -0.05) is 6.42 Å². The van der Waals surface area contributed by atoms with Gasteiger partial charge in [-0.25, -0.2) is 0 Å². The number of rotatable bonds is 5. The minimum Gasteiger partial charge on any atom is -0.378 e. The molecule has 1 heterocycles. The van der Waals surface area contributed by atoms with Crippen LogP contribution in [-0.4, -0.2) is 53.6 Å². The van der Waals surface area contributed by atoms with Gasteiger partial charge in [0.15, 0.2) is 0 Å². The number of nitrogens with zero attached hydrogens (tertiary/aromatic N) is 1. The van der Waals surface area contributed by atoms with Crippen LogP contribution in [0, 0.1) is 5.41 Å². The molecule has 1 saturated heterocycles. The van der Waals surface area contributed by atoms with Gasteiger partial charge >= 0.3 is 0 Å². The third-order valence-electron chi connectivity index (χ3n) is 4.93. The average Bonchev–Trinajstić information content (AvgIpc) is 2.71. The van der Waals surface area contributed by atoms with Crippen LogP contribution in [0.3, 0.4) is 0 Å². The molecule has 112 valence electrons. The normalized spacial score (nSPS) is 31.1. The lowest BCUT2D eigenvalue weighted by atomic mass is 9.51. The molecule has 2 aliphatic carbocycles. The Morgan fingerprint density at radius 1 is 1.55 bits per heavy atom. The van der Waals surface area contributed by atoms with E-state index in [1.807, 2.05) is 6.92 Å². The van der Waals surface area contributed by atoms with Crippen molar-refractivity contribution in [2.24, 2.45) is 5.41 Å². The summed E-state index contributed by atoms with van der Waals surface area (Å²) in [6.07, 6.45) is 4.78. The van der Waals surface area contributed by atoms with E-state index in [9.17, 15) is 9.59 Å². The van der Waals surface area contributed by atoms with Crippen LogP contribution in [0.25, 0.3) is 0 Å². The number of amides is 2. The molecule has 0 radical (unpaired) electrons. The molecular formula is C14H22N2O3S. The maximum atomic E-state index is 12.1. The van der Waals surface area contributed by atoms with E-state index in [4.69, 9.17) is 4.74 Å². The van der Waals surface area contributed by atoms with E-state index in [2.05, 4.69) is 5.32 Å². The highest BCUT2D eigenvalue weighted by Crippen LogP contribution is 2.57. The Bertz CT molecular complexity index is 411. The van der Waals surface area contributed by atoms with Crippen molar-refractivity contribution < 1.29 is 14.3 Å². The van der Waals surface area contributed by atoms with Crippen molar-refractivity contribution in [1.82, 2.24) is 10.2 Å². The highest BCUT2D eigenvalue weighted by molar-refractivity contribution is 8.00. The standard InChI is InChI=1S/C14H22N2O3S/c1-2-19-11-6-10(14(11)4-3-5-14)15-12(17)7-16-9-20-8-13(16)18/h10-11H,2-9H2,1H3,(H,15,17)/t10-,11-/m0/s1. The lowest BCUT2D eigenvalue weighted by Crippen LogP contribution is -2.68. The van der Waals surface area contributed by atoms with Gasteiger partial charge in [0.1, 0.15) is 6.54 Å². The number of carbonyl (C=O) groups excluding carboxylic acids is 2. The van der Waals surface area contributed by atoms with Crippen molar-refractivity contribution in [3.63, 3.8) is 0 Å². The molecule has 1 N–H and O–H groups in total. The van der Waals surface area contributed by atoms with E-state index in [0.29, 0.717) is 17.7 Å². The Kier molecular flexibility index (Phi) is 3.95. The predicted octanol–water partition coefficient (Wildman–Crippen LogP) is 0.983. The SMILES string of the molecule is CCO[C@H]1C[C@H](NC(=O)CN2CSCC2=O)C12CCC2. The minimum absolute atomic E-state index is 0.0212. The molecule has 0 aromatic rings. The summed E-state index contributed by atoms with van der Waals surface area (Å²) >= 11 is 1.57. The number of hydrogen-bond acceptors (Lipinski definition) is 4. The van der Waals surface area contributed by atoms with E-state index >= 15 is 0 Å². The Morgan fingerprint density at radius 2 is 2.35 bits per heavy atom. The summed E-state index contributed by atoms with van der Waals surface area (Å²) in [6.45, 7) is 2.97. The summed E-state index contributed by atoms with van der Waals surface area (Å²) < 4.78 is 5.78. The van der Waals surface area contributed by atoms with Crippen LogP contribution in [0.5, 0.6) is 0 Å². The molecule has 0 bridgehead atoms. The fourth-order valence-corrected chi connectivity index (χ4v) is 4.50. The maximum absolute atomic E-state index is 12.1. The highest BCUT2D eigenvalue weighted by Gasteiger charge is 2.59. The summed E-state index contributed by atoms with van der Waals surface area (Å²) in [7, 11) is 0. The maximum Gasteiger partial charge on any atom is 0.239 e. The van der Waals surface area contributed by atoms with Crippen molar-refractivity contribution in [1.29, 1.82) is 0 Å². The second-order valence-electron chi connectivity index (χ2n) is 5.96. The van der Waals surface area contributed by atoms with Crippen molar-refractivity contribution >= 4 is 23.6 Å². The third kappa shape index (κ3) is 2.33. The lowest BCUT2D eigenvalue weighted by Gasteiger charge is -2.61. The molecule has 2 saturated carbocycles. The lowest BCUT2D eigenvalue weighted by molar-refractivity contribution is -0.176. The van der Waals surface area contributed by atoms with Crippen molar-refractivity contribution in [2.75, 3.05) is 24.8 Å².